The van der Waals surface area contributed by atoms with Crippen LogP contribution in [0.5, 0.6) is 5.75 Å². The number of anilines is 1. The summed E-state index contributed by atoms with van der Waals surface area (Å²) in [4.78, 5) is 36.4. The summed E-state index contributed by atoms with van der Waals surface area (Å²) < 4.78 is 0. The molecular formula is C20H23Cl2N5O3. The van der Waals surface area contributed by atoms with E-state index >= 15 is 0 Å². The fraction of sp³-hybridized carbons (Fsp3) is 0.450. The van der Waals surface area contributed by atoms with Gasteiger partial charge in [0, 0.05) is 51.4 Å². The lowest BCUT2D eigenvalue weighted by molar-refractivity contribution is -0.133. The Balaban J connectivity index is 1.37. The number of hydrogen-bond acceptors (Lipinski definition) is 6. The molecule has 0 spiro atoms. The maximum Gasteiger partial charge on any atom is 0.249 e. The smallest absolute Gasteiger partial charge is 0.249 e. The molecule has 10 heteroatoms. The largest absolute Gasteiger partial charge is 0.506 e. The third kappa shape index (κ3) is 3.99. The summed E-state index contributed by atoms with van der Waals surface area (Å²) in [5.74, 6) is 0.508. The molecule has 0 bridgehead atoms. The van der Waals surface area contributed by atoms with Gasteiger partial charge in [-0.15, -0.1) is 0 Å². The van der Waals surface area contributed by atoms with Crippen molar-refractivity contribution in [2.24, 2.45) is 4.99 Å². The van der Waals surface area contributed by atoms with Crippen LogP contribution in [0.1, 0.15) is 0 Å². The highest BCUT2D eigenvalue weighted by atomic mass is 35.5. The maximum absolute atomic E-state index is 12.4. The van der Waals surface area contributed by atoms with Gasteiger partial charge in [-0.25, -0.2) is 0 Å². The molecule has 160 valence electrons. The Labute approximate surface area is 184 Å². The van der Waals surface area contributed by atoms with Gasteiger partial charge in [-0.1, -0.05) is 29.8 Å². The number of phenols is 1. The molecule has 0 radical (unpaired) electrons. The van der Waals surface area contributed by atoms with Gasteiger partial charge in [-0.05, 0) is 12.1 Å². The van der Waals surface area contributed by atoms with Crippen molar-refractivity contribution in [1.29, 1.82) is 0 Å². The molecule has 2 saturated heterocycles. The number of aromatic hydroxyl groups is 1. The summed E-state index contributed by atoms with van der Waals surface area (Å²) >= 11 is 12.0. The van der Waals surface area contributed by atoms with E-state index < -0.39 is 0 Å². The van der Waals surface area contributed by atoms with E-state index in [1.165, 1.54) is 23.1 Å². The molecule has 3 heterocycles. The monoisotopic (exact) mass is 451 g/mol. The van der Waals surface area contributed by atoms with Crippen LogP contribution in [-0.4, -0.2) is 95.9 Å². The maximum atomic E-state index is 12.4. The number of carbonyl (C=O) groups excluding carboxylic acids is 2. The van der Waals surface area contributed by atoms with Crippen LogP contribution in [-0.2, 0) is 9.59 Å². The minimum Gasteiger partial charge on any atom is -0.506 e. The van der Waals surface area contributed by atoms with Gasteiger partial charge in [-0.2, -0.15) is 0 Å². The molecule has 3 aliphatic heterocycles. The zero-order valence-electron chi connectivity index (χ0n) is 16.4. The van der Waals surface area contributed by atoms with Crippen molar-refractivity contribution in [3.05, 3.63) is 34.8 Å². The van der Waals surface area contributed by atoms with Gasteiger partial charge < -0.3 is 14.9 Å². The van der Waals surface area contributed by atoms with Crippen LogP contribution < -0.4 is 4.90 Å². The standard InChI is InChI=1S/C20H23Cl2N5O3/c1-2-19(29)26-10-13(11-26)24-3-5-25(6-4-24)18-12-27(20(30)9-23-18)16-7-14(21)15(22)8-17(16)28/h2,7-8,13,28H,1,3-6,9-12H2. The van der Waals surface area contributed by atoms with E-state index in [1.54, 1.807) is 4.90 Å². The topological polar surface area (TPSA) is 79.7 Å². The van der Waals surface area contributed by atoms with E-state index in [0.29, 0.717) is 11.7 Å². The number of halogens is 2. The molecule has 3 aliphatic rings. The van der Waals surface area contributed by atoms with Gasteiger partial charge in [0.1, 0.15) is 18.1 Å². The van der Waals surface area contributed by atoms with Crippen molar-refractivity contribution in [3.63, 3.8) is 0 Å². The number of phenolic OH excluding ortho intramolecular Hbond substituents is 1. The molecule has 4 rings (SSSR count). The van der Waals surface area contributed by atoms with Crippen LogP contribution in [0.15, 0.2) is 29.8 Å². The summed E-state index contributed by atoms with van der Waals surface area (Å²) in [6, 6.07) is 3.23. The van der Waals surface area contributed by atoms with E-state index in [4.69, 9.17) is 23.2 Å². The molecule has 0 unspecified atom stereocenters. The molecule has 2 fully saturated rings. The Bertz CT molecular complexity index is 908. The normalized spacial score (nSPS) is 20.8. The summed E-state index contributed by atoms with van der Waals surface area (Å²) in [6.45, 7) is 8.62. The van der Waals surface area contributed by atoms with Gasteiger partial charge in [0.25, 0.3) is 0 Å². The predicted octanol–water partition coefficient (Wildman–Crippen LogP) is 1.46. The lowest BCUT2D eigenvalue weighted by Crippen LogP contribution is -2.64. The molecule has 8 nitrogen and oxygen atoms in total. The summed E-state index contributed by atoms with van der Waals surface area (Å²) in [5, 5.41) is 10.8. The van der Waals surface area contributed by atoms with Crippen molar-refractivity contribution in [2.75, 3.05) is 57.3 Å². The van der Waals surface area contributed by atoms with E-state index in [2.05, 4.69) is 21.4 Å². The van der Waals surface area contributed by atoms with Crippen LogP contribution in [0.4, 0.5) is 5.69 Å². The Morgan fingerprint density at radius 3 is 2.50 bits per heavy atom. The molecule has 1 aromatic rings. The van der Waals surface area contributed by atoms with Gasteiger partial charge in [-0.3, -0.25) is 24.4 Å². The number of amidine groups is 1. The van der Waals surface area contributed by atoms with Crippen molar-refractivity contribution >= 4 is 46.5 Å². The molecule has 0 saturated carbocycles. The summed E-state index contributed by atoms with van der Waals surface area (Å²) in [6.07, 6.45) is 1.36. The van der Waals surface area contributed by atoms with Crippen molar-refractivity contribution < 1.29 is 14.7 Å². The highest BCUT2D eigenvalue weighted by Crippen LogP contribution is 2.36. The first-order valence-electron chi connectivity index (χ1n) is 9.79. The third-order valence-corrected chi connectivity index (χ3v) is 6.57. The fourth-order valence-electron chi connectivity index (χ4n) is 4.03. The number of carbonyl (C=O) groups is 2. The zero-order valence-corrected chi connectivity index (χ0v) is 17.9. The number of nitrogens with zero attached hydrogens (tertiary/aromatic N) is 5. The minimum atomic E-state index is -0.201. The van der Waals surface area contributed by atoms with E-state index in [-0.39, 0.29) is 40.7 Å². The van der Waals surface area contributed by atoms with Crippen LogP contribution in [0.25, 0.3) is 0 Å². The van der Waals surface area contributed by atoms with Gasteiger partial charge in [0.15, 0.2) is 0 Å². The first-order valence-corrected chi connectivity index (χ1v) is 10.5. The quantitative estimate of drug-likeness (QED) is 0.703. The highest BCUT2D eigenvalue weighted by Gasteiger charge is 2.36. The Hall–Kier alpha value is -2.29. The van der Waals surface area contributed by atoms with E-state index in [0.717, 1.165) is 45.1 Å². The Kier molecular flexibility index (Phi) is 5.90. The predicted molar refractivity (Wildman–Crippen MR) is 116 cm³/mol. The molecule has 0 aliphatic carbocycles. The second-order valence-electron chi connectivity index (χ2n) is 7.59. The molecule has 30 heavy (non-hydrogen) atoms. The van der Waals surface area contributed by atoms with Crippen LogP contribution in [0.2, 0.25) is 10.0 Å². The van der Waals surface area contributed by atoms with Gasteiger partial charge >= 0.3 is 0 Å². The van der Waals surface area contributed by atoms with E-state index in [9.17, 15) is 14.7 Å². The number of benzene rings is 1. The molecular weight excluding hydrogens is 429 g/mol. The Morgan fingerprint density at radius 1 is 1.17 bits per heavy atom. The van der Waals surface area contributed by atoms with Crippen molar-refractivity contribution in [2.45, 2.75) is 6.04 Å². The second kappa shape index (κ2) is 8.45. The first-order chi connectivity index (χ1) is 14.4. The lowest BCUT2D eigenvalue weighted by atomic mass is 10.1. The number of piperazine rings is 1. The number of rotatable bonds is 3. The average molecular weight is 452 g/mol. The molecule has 2 amide bonds. The lowest BCUT2D eigenvalue weighted by Gasteiger charge is -2.48. The van der Waals surface area contributed by atoms with Crippen molar-refractivity contribution in [3.8, 4) is 5.75 Å². The number of hydrogen-bond donors (Lipinski definition) is 1. The van der Waals surface area contributed by atoms with Crippen LogP contribution in [0, 0.1) is 0 Å². The molecule has 0 aromatic heterocycles. The van der Waals surface area contributed by atoms with Gasteiger partial charge in [0.05, 0.1) is 22.3 Å². The first kappa shape index (κ1) is 21.0. The van der Waals surface area contributed by atoms with Crippen LogP contribution >= 0.6 is 23.2 Å². The molecule has 0 atom stereocenters. The number of aliphatic imine (C=N–C) groups is 1. The average Bonchev–Trinajstić information content (AvgIpc) is 2.70. The third-order valence-electron chi connectivity index (χ3n) is 5.85. The second-order valence-corrected chi connectivity index (χ2v) is 8.41. The molecule has 1 N–H and O–H groups in total. The summed E-state index contributed by atoms with van der Waals surface area (Å²) in [5.41, 5.74) is 0.335. The highest BCUT2D eigenvalue weighted by molar-refractivity contribution is 6.42. The molecule has 1 aromatic carbocycles. The van der Waals surface area contributed by atoms with Gasteiger partial charge in [0.2, 0.25) is 11.8 Å². The minimum absolute atomic E-state index is 0.0169. The van der Waals surface area contributed by atoms with Crippen molar-refractivity contribution in [1.82, 2.24) is 14.7 Å². The SMILES string of the molecule is C=CC(=O)N1CC(N2CCN(C3=NCC(=O)N(c4cc(Cl)c(Cl)cc4O)C3)CC2)C1. The van der Waals surface area contributed by atoms with E-state index in [1.807, 2.05) is 0 Å². The Morgan fingerprint density at radius 2 is 1.83 bits per heavy atom. The summed E-state index contributed by atoms with van der Waals surface area (Å²) in [7, 11) is 0. The van der Waals surface area contributed by atoms with Crippen LogP contribution in [0.3, 0.4) is 0 Å². The number of amides is 2. The fourth-order valence-corrected chi connectivity index (χ4v) is 4.34. The zero-order chi connectivity index (χ0) is 21.4. The number of likely N-dealkylation sites (tertiary alicyclic amines) is 1.